The number of aromatic nitrogens is 1. The number of nitrogens with zero attached hydrogens (tertiary/aromatic N) is 2. The summed E-state index contributed by atoms with van der Waals surface area (Å²) >= 11 is 0. The average Bonchev–Trinajstić information content (AvgIpc) is 3.00. The summed E-state index contributed by atoms with van der Waals surface area (Å²) in [7, 11) is -2.33. The molecule has 2 fully saturated rings. The van der Waals surface area contributed by atoms with Gasteiger partial charge in [0.15, 0.2) is 0 Å². The van der Waals surface area contributed by atoms with Crippen molar-refractivity contribution < 1.29 is 22.7 Å². The number of esters is 1. The quantitative estimate of drug-likeness (QED) is 0.715. The molecular formula is C20H22N2O5S. The molecule has 0 saturated carbocycles. The Morgan fingerprint density at radius 3 is 2.21 bits per heavy atom. The van der Waals surface area contributed by atoms with Crippen molar-refractivity contribution in [3.63, 3.8) is 0 Å². The fourth-order valence-electron chi connectivity index (χ4n) is 4.18. The van der Waals surface area contributed by atoms with Crippen LogP contribution >= 0.6 is 0 Å². The van der Waals surface area contributed by atoms with Gasteiger partial charge in [-0.1, -0.05) is 0 Å². The number of sulfonamides is 1. The van der Waals surface area contributed by atoms with Gasteiger partial charge in [-0.05, 0) is 49.2 Å². The van der Waals surface area contributed by atoms with E-state index in [-0.39, 0.29) is 23.1 Å². The molecule has 0 amide bonds. The highest BCUT2D eigenvalue weighted by Gasteiger charge is 2.47. The Morgan fingerprint density at radius 1 is 1.04 bits per heavy atom. The summed E-state index contributed by atoms with van der Waals surface area (Å²) in [5, 5.41) is 0. The van der Waals surface area contributed by atoms with E-state index in [0.29, 0.717) is 18.4 Å². The van der Waals surface area contributed by atoms with Crippen LogP contribution in [0.2, 0.25) is 0 Å². The van der Waals surface area contributed by atoms with E-state index in [2.05, 4.69) is 9.72 Å². The number of piperidine rings is 1. The highest BCUT2D eigenvalue weighted by molar-refractivity contribution is 7.89. The summed E-state index contributed by atoms with van der Waals surface area (Å²) in [6, 6.07) is 9.40. The Hall–Kier alpha value is -2.45. The van der Waals surface area contributed by atoms with E-state index in [9.17, 15) is 13.2 Å². The smallest absolute Gasteiger partial charge is 0.337 e. The van der Waals surface area contributed by atoms with Crippen molar-refractivity contribution in [1.82, 2.24) is 9.29 Å². The maximum atomic E-state index is 13.2. The molecule has 7 nitrogen and oxygen atoms in total. The van der Waals surface area contributed by atoms with Gasteiger partial charge in [0.2, 0.25) is 10.0 Å². The lowest BCUT2D eigenvalue weighted by atomic mass is 10.0. The third-order valence-corrected chi connectivity index (χ3v) is 7.45. The molecule has 0 spiro atoms. The molecule has 1 aromatic heterocycles. The summed E-state index contributed by atoms with van der Waals surface area (Å²) in [5.41, 5.74) is 0.328. The van der Waals surface area contributed by atoms with Crippen LogP contribution in [0.1, 0.15) is 36.0 Å². The summed E-state index contributed by atoms with van der Waals surface area (Å²) in [4.78, 5) is 15.8. The number of fused-ring (bicyclic) bond motifs is 2. The van der Waals surface area contributed by atoms with Gasteiger partial charge in [-0.3, -0.25) is 4.98 Å². The second-order valence-electron chi connectivity index (χ2n) is 7.13. The van der Waals surface area contributed by atoms with Crippen LogP contribution in [0.15, 0.2) is 53.7 Å². The fourth-order valence-corrected chi connectivity index (χ4v) is 6.08. The molecule has 1 aromatic carbocycles. The summed E-state index contributed by atoms with van der Waals surface area (Å²) in [5.74, 6) is 0.271. The molecule has 3 heterocycles. The van der Waals surface area contributed by atoms with Crippen molar-refractivity contribution in [2.45, 2.75) is 48.8 Å². The third-order valence-electron chi connectivity index (χ3n) is 5.43. The zero-order valence-corrected chi connectivity index (χ0v) is 16.3. The molecule has 0 radical (unpaired) electrons. The van der Waals surface area contributed by atoms with Crippen LogP contribution in [0.3, 0.4) is 0 Å². The molecule has 28 heavy (non-hydrogen) atoms. The molecule has 2 aliphatic heterocycles. The van der Waals surface area contributed by atoms with Crippen LogP contribution in [-0.4, -0.2) is 49.0 Å². The lowest BCUT2D eigenvalue weighted by molar-refractivity contribution is 0.0600. The van der Waals surface area contributed by atoms with Crippen molar-refractivity contribution in [2.75, 3.05) is 7.11 Å². The number of carbonyl (C=O) groups is 1. The number of ether oxygens (including phenoxy) is 2. The van der Waals surface area contributed by atoms with Crippen molar-refractivity contribution in [1.29, 1.82) is 0 Å². The Bertz CT molecular complexity index is 932. The summed E-state index contributed by atoms with van der Waals surface area (Å²) in [6.45, 7) is 0. The van der Waals surface area contributed by atoms with E-state index in [0.717, 1.165) is 18.6 Å². The Balaban J connectivity index is 1.51. The normalized spacial score (nSPS) is 24.7. The molecule has 148 valence electrons. The van der Waals surface area contributed by atoms with Gasteiger partial charge in [0.05, 0.1) is 17.6 Å². The topological polar surface area (TPSA) is 85.8 Å². The van der Waals surface area contributed by atoms with Crippen LogP contribution in [0.5, 0.6) is 5.75 Å². The van der Waals surface area contributed by atoms with Crippen molar-refractivity contribution in [3.8, 4) is 5.75 Å². The molecule has 2 bridgehead atoms. The van der Waals surface area contributed by atoms with Crippen LogP contribution in [0, 0.1) is 0 Å². The summed E-state index contributed by atoms with van der Waals surface area (Å²) < 4.78 is 38.8. The first-order chi connectivity index (χ1) is 13.5. The third kappa shape index (κ3) is 3.49. The van der Waals surface area contributed by atoms with Crippen molar-refractivity contribution >= 4 is 16.0 Å². The van der Waals surface area contributed by atoms with E-state index in [1.165, 1.54) is 31.4 Å². The molecule has 2 unspecified atom stereocenters. The van der Waals surface area contributed by atoms with E-state index in [4.69, 9.17) is 4.74 Å². The molecule has 4 rings (SSSR count). The molecule has 2 aromatic rings. The van der Waals surface area contributed by atoms with Crippen LogP contribution in [-0.2, 0) is 14.8 Å². The van der Waals surface area contributed by atoms with Crippen LogP contribution < -0.4 is 4.74 Å². The molecular weight excluding hydrogens is 380 g/mol. The Morgan fingerprint density at radius 2 is 1.64 bits per heavy atom. The molecule has 2 aliphatic rings. The standard InChI is InChI=1S/C20H22N2O5S/c1-26-20(23)14-2-6-19(7-3-14)28(24,25)22-15-4-5-16(22)13-18(12-15)27-17-8-10-21-11-9-17/h2-3,6-11,15-16,18H,4-5,12-13H2,1H3. The van der Waals surface area contributed by atoms with E-state index in [1.807, 2.05) is 12.1 Å². The largest absolute Gasteiger partial charge is 0.490 e. The minimum absolute atomic E-state index is 0.00643. The minimum atomic E-state index is -3.63. The first kappa shape index (κ1) is 18.9. The molecule has 8 heteroatoms. The lowest BCUT2D eigenvalue weighted by Gasteiger charge is -2.37. The maximum Gasteiger partial charge on any atom is 0.337 e. The monoisotopic (exact) mass is 402 g/mol. The second-order valence-corrected chi connectivity index (χ2v) is 8.97. The van der Waals surface area contributed by atoms with Crippen LogP contribution in [0.4, 0.5) is 0 Å². The molecule has 0 aliphatic carbocycles. The number of rotatable bonds is 5. The maximum absolute atomic E-state index is 13.2. The average molecular weight is 402 g/mol. The van der Waals surface area contributed by atoms with E-state index >= 15 is 0 Å². The minimum Gasteiger partial charge on any atom is -0.490 e. The van der Waals surface area contributed by atoms with Gasteiger partial charge in [0.1, 0.15) is 11.9 Å². The predicted molar refractivity (Wildman–Crippen MR) is 102 cm³/mol. The molecule has 0 N–H and O–H groups in total. The SMILES string of the molecule is COC(=O)c1ccc(S(=O)(=O)N2C3CCC2CC(Oc2ccncc2)C3)cc1. The van der Waals surface area contributed by atoms with Gasteiger partial charge in [-0.15, -0.1) is 0 Å². The van der Waals surface area contributed by atoms with Crippen molar-refractivity contribution in [3.05, 3.63) is 54.4 Å². The van der Waals surface area contributed by atoms with Gasteiger partial charge in [0, 0.05) is 37.3 Å². The van der Waals surface area contributed by atoms with Gasteiger partial charge in [-0.2, -0.15) is 4.31 Å². The molecule has 2 atom stereocenters. The molecule has 2 saturated heterocycles. The first-order valence-corrected chi connectivity index (χ1v) is 10.7. The van der Waals surface area contributed by atoms with Gasteiger partial charge in [-0.25, -0.2) is 13.2 Å². The van der Waals surface area contributed by atoms with Gasteiger partial charge >= 0.3 is 5.97 Å². The highest BCUT2D eigenvalue weighted by atomic mass is 32.2. The van der Waals surface area contributed by atoms with E-state index in [1.54, 1.807) is 16.7 Å². The first-order valence-electron chi connectivity index (χ1n) is 9.27. The lowest BCUT2D eigenvalue weighted by Crippen LogP contribution is -2.49. The second kappa shape index (κ2) is 7.52. The van der Waals surface area contributed by atoms with Gasteiger partial charge in [0.25, 0.3) is 0 Å². The fraction of sp³-hybridized carbons (Fsp3) is 0.400. The zero-order chi connectivity index (χ0) is 19.7. The van der Waals surface area contributed by atoms with Crippen molar-refractivity contribution in [2.24, 2.45) is 0 Å². The van der Waals surface area contributed by atoms with Gasteiger partial charge < -0.3 is 9.47 Å². The Labute approximate surface area is 164 Å². The number of benzene rings is 1. The Kier molecular flexibility index (Phi) is 5.07. The number of hydrogen-bond acceptors (Lipinski definition) is 6. The number of carbonyl (C=O) groups excluding carboxylic acids is 1. The van der Waals surface area contributed by atoms with Crippen LogP contribution in [0.25, 0.3) is 0 Å². The number of hydrogen-bond donors (Lipinski definition) is 0. The highest BCUT2D eigenvalue weighted by Crippen LogP contribution is 2.40. The summed E-state index contributed by atoms with van der Waals surface area (Å²) in [6.07, 6.45) is 6.35. The number of pyridine rings is 1. The number of methoxy groups -OCH3 is 1. The predicted octanol–water partition coefficient (Wildman–Crippen LogP) is 2.63. The zero-order valence-electron chi connectivity index (χ0n) is 15.5. The van der Waals surface area contributed by atoms with E-state index < -0.39 is 16.0 Å².